The predicted molar refractivity (Wildman–Crippen MR) is 101 cm³/mol. The molecule has 1 fully saturated rings. The van der Waals surface area contributed by atoms with E-state index in [1.807, 2.05) is 24.4 Å². The van der Waals surface area contributed by atoms with E-state index in [-0.39, 0.29) is 12.8 Å². The summed E-state index contributed by atoms with van der Waals surface area (Å²) in [7, 11) is 2.52. The molecule has 2 aromatic rings. The Bertz CT molecular complexity index is 944. The van der Waals surface area contributed by atoms with Gasteiger partial charge in [0.15, 0.2) is 0 Å². The van der Waals surface area contributed by atoms with Crippen molar-refractivity contribution in [3.8, 4) is 0 Å². The molecule has 28 heavy (non-hydrogen) atoms. The lowest BCUT2D eigenvalue weighted by Crippen LogP contribution is -2.42. The average molecular weight is 385 g/mol. The Balaban J connectivity index is 1.64. The fourth-order valence-electron chi connectivity index (χ4n) is 4.06. The van der Waals surface area contributed by atoms with Crippen molar-refractivity contribution in [1.29, 1.82) is 0 Å². The zero-order valence-corrected chi connectivity index (χ0v) is 16.0. The van der Waals surface area contributed by atoms with E-state index in [0.717, 1.165) is 29.3 Å². The van der Waals surface area contributed by atoms with Crippen molar-refractivity contribution >= 4 is 28.6 Å². The van der Waals surface area contributed by atoms with Gasteiger partial charge in [-0.25, -0.2) is 4.79 Å². The van der Waals surface area contributed by atoms with E-state index < -0.39 is 17.5 Å². The molecule has 1 unspecified atom stereocenters. The van der Waals surface area contributed by atoms with Gasteiger partial charge < -0.3 is 14.3 Å². The van der Waals surface area contributed by atoms with Crippen LogP contribution >= 0.6 is 0 Å². The van der Waals surface area contributed by atoms with E-state index in [0.29, 0.717) is 11.8 Å². The van der Waals surface area contributed by atoms with E-state index >= 15 is 0 Å². The van der Waals surface area contributed by atoms with Crippen LogP contribution < -0.4 is 0 Å². The Labute approximate surface area is 162 Å². The van der Waals surface area contributed by atoms with Crippen LogP contribution in [-0.4, -0.2) is 47.3 Å². The van der Waals surface area contributed by atoms with Gasteiger partial charge >= 0.3 is 11.9 Å². The number of fused-ring (bicyclic) bond motifs is 1. The zero-order chi connectivity index (χ0) is 19.7. The number of hydrogen-bond donors (Lipinski definition) is 0. The molecule has 1 aliphatic heterocycles. The lowest BCUT2D eigenvalue weighted by molar-refractivity contribution is -0.173. The summed E-state index contributed by atoms with van der Waals surface area (Å²) >= 11 is 0. The molecule has 0 radical (unpaired) electrons. The van der Waals surface area contributed by atoms with Crippen molar-refractivity contribution in [3.63, 3.8) is 0 Å². The smallest absolute Gasteiger partial charge is 0.354 e. The summed E-state index contributed by atoms with van der Waals surface area (Å²) in [4.78, 5) is 29.6. The number of benzene rings is 1. The van der Waals surface area contributed by atoms with Gasteiger partial charge in [0.25, 0.3) is 0 Å². The number of carbonyl (C=O) groups is 2. The molecule has 1 aliphatic carbocycles. The Morgan fingerprint density at radius 3 is 2.75 bits per heavy atom. The third-order valence-electron chi connectivity index (χ3n) is 5.60. The van der Waals surface area contributed by atoms with E-state index in [2.05, 4.69) is 14.9 Å². The van der Waals surface area contributed by atoms with E-state index in [9.17, 15) is 9.59 Å². The Morgan fingerprint density at radius 1 is 1.25 bits per heavy atom. The first-order valence-corrected chi connectivity index (χ1v) is 9.44. The summed E-state index contributed by atoms with van der Waals surface area (Å²) in [5.41, 5.74) is 0.978. The number of carbonyl (C=O) groups excluding carboxylic acids is 2. The van der Waals surface area contributed by atoms with Crippen molar-refractivity contribution in [2.45, 2.75) is 50.2 Å². The molecule has 1 atom stereocenters. The number of esters is 2. The molecule has 1 aromatic carbocycles. The lowest BCUT2D eigenvalue weighted by Gasteiger charge is -2.22. The molecule has 0 bridgehead atoms. The highest BCUT2D eigenvalue weighted by Crippen LogP contribution is 2.34. The van der Waals surface area contributed by atoms with Gasteiger partial charge in [-0.3, -0.25) is 9.48 Å². The second-order valence-electron chi connectivity index (χ2n) is 7.35. The van der Waals surface area contributed by atoms with Gasteiger partial charge in [0.1, 0.15) is 0 Å². The van der Waals surface area contributed by atoms with E-state index in [4.69, 9.17) is 14.3 Å². The molecule has 1 saturated carbocycles. The Kier molecular flexibility index (Phi) is 4.78. The molecular weight excluding hydrogens is 362 g/mol. The normalized spacial score (nSPS) is 22.1. The van der Waals surface area contributed by atoms with Crippen molar-refractivity contribution in [3.05, 3.63) is 30.0 Å². The van der Waals surface area contributed by atoms with Gasteiger partial charge in [-0.2, -0.15) is 5.10 Å². The molecule has 0 saturated heterocycles. The zero-order valence-electron chi connectivity index (χ0n) is 16.0. The first-order valence-electron chi connectivity index (χ1n) is 9.44. The van der Waals surface area contributed by atoms with Crippen molar-refractivity contribution < 1.29 is 23.9 Å². The molecule has 8 heteroatoms. The molecule has 4 rings (SSSR count). The van der Waals surface area contributed by atoms with Crippen LogP contribution in [0, 0.1) is 0 Å². The number of aromatic nitrogens is 2. The Morgan fingerprint density at radius 2 is 2.04 bits per heavy atom. The average Bonchev–Trinajstić information content (AvgIpc) is 3.46. The van der Waals surface area contributed by atoms with Crippen LogP contribution in [0.1, 0.15) is 50.1 Å². The van der Waals surface area contributed by atoms with Crippen molar-refractivity contribution in [2.75, 3.05) is 14.2 Å². The van der Waals surface area contributed by atoms with Crippen molar-refractivity contribution in [1.82, 2.24) is 9.78 Å². The summed E-state index contributed by atoms with van der Waals surface area (Å²) in [5, 5.41) is 9.75. The van der Waals surface area contributed by atoms with Gasteiger partial charge in [-0.15, -0.1) is 0 Å². The summed E-state index contributed by atoms with van der Waals surface area (Å²) in [6, 6.07) is 6.36. The monoisotopic (exact) mass is 385 g/mol. The molecule has 0 N–H and O–H groups in total. The SMILES string of the molecule is COC(=O)CC1(C(=O)OC)CC(c2ccc3cnn(C4CCCC4)c3c2)=NO1. The molecule has 2 aliphatic rings. The van der Waals surface area contributed by atoms with Crippen LogP contribution in [0.5, 0.6) is 0 Å². The maximum Gasteiger partial charge on any atom is 0.354 e. The van der Waals surface area contributed by atoms with Gasteiger partial charge in [0, 0.05) is 17.4 Å². The van der Waals surface area contributed by atoms with Gasteiger partial charge in [0.2, 0.25) is 5.60 Å². The van der Waals surface area contributed by atoms with Gasteiger partial charge in [-0.05, 0) is 18.9 Å². The third kappa shape index (κ3) is 3.12. The molecular formula is C20H23N3O5. The van der Waals surface area contributed by atoms with Crippen LogP contribution in [0.15, 0.2) is 29.6 Å². The van der Waals surface area contributed by atoms with Gasteiger partial charge in [-0.1, -0.05) is 30.1 Å². The van der Waals surface area contributed by atoms with Crippen LogP contribution in [0.3, 0.4) is 0 Å². The lowest BCUT2D eigenvalue weighted by atomic mass is 9.91. The minimum absolute atomic E-state index is 0.137. The molecule has 0 amide bonds. The third-order valence-corrected chi connectivity index (χ3v) is 5.60. The summed E-state index contributed by atoms with van der Waals surface area (Å²) in [6.45, 7) is 0. The Hall–Kier alpha value is -2.90. The number of hydrogen-bond acceptors (Lipinski definition) is 7. The standard InChI is InChI=1S/C20H23N3O5/c1-26-18(24)11-20(19(25)27-2)10-16(22-28-20)13-7-8-14-12-21-23(17(14)9-13)15-5-3-4-6-15/h7-9,12,15H,3-6,10-11H2,1-2H3. The molecule has 2 heterocycles. The van der Waals surface area contributed by atoms with Crippen LogP contribution in [-0.2, 0) is 23.9 Å². The second kappa shape index (κ2) is 7.26. The highest BCUT2D eigenvalue weighted by molar-refractivity contribution is 6.07. The summed E-state index contributed by atoms with van der Waals surface area (Å²) < 4.78 is 11.6. The second-order valence-corrected chi connectivity index (χ2v) is 7.35. The maximum absolute atomic E-state index is 12.3. The fourth-order valence-corrected chi connectivity index (χ4v) is 4.06. The minimum atomic E-state index is -1.49. The number of nitrogens with zero attached hydrogens (tertiary/aromatic N) is 3. The summed E-state index contributed by atoms with van der Waals surface area (Å²) in [6.07, 6.45) is 6.47. The number of rotatable bonds is 5. The van der Waals surface area contributed by atoms with Gasteiger partial charge in [0.05, 0.1) is 44.1 Å². The molecule has 148 valence electrons. The van der Waals surface area contributed by atoms with Crippen LogP contribution in [0.2, 0.25) is 0 Å². The molecule has 8 nitrogen and oxygen atoms in total. The van der Waals surface area contributed by atoms with Crippen molar-refractivity contribution in [2.24, 2.45) is 5.16 Å². The number of methoxy groups -OCH3 is 2. The highest BCUT2D eigenvalue weighted by atomic mass is 16.7. The largest absolute Gasteiger partial charge is 0.469 e. The van der Waals surface area contributed by atoms with E-state index in [1.54, 1.807) is 0 Å². The first kappa shape index (κ1) is 18.5. The fraction of sp³-hybridized carbons (Fsp3) is 0.500. The first-order chi connectivity index (χ1) is 13.6. The number of oxime groups is 1. The quantitative estimate of drug-likeness (QED) is 0.735. The topological polar surface area (TPSA) is 92.0 Å². The van der Waals surface area contributed by atoms with Crippen LogP contribution in [0.25, 0.3) is 10.9 Å². The highest BCUT2D eigenvalue weighted by Gasteiger charge is 2.50. The molecule has 1 aromatic heterocycles. The van der Waals surface area contributed by atoms with E-state index in [1.165, 1.54) is 27.1 Å². The molecule has 0 spiro atoms. The number of ether oxygens (including phenoxy) is 2. The summed E-state index contributed by atoms with van der Waals surface area (Å²) in [5.74, 6) is -1.20. The minimum Gasteiger partial charge on any atom is -0.469 e. The van der Waals surface area contributed by atoms with Crippen LogP contribution in [0.4, 0.5) is 0 Å². The maximum atomic E-state index is 12.3. The predicted octanol–water partition coefficient (Wildman–Crippen LogP) is 2.75.